The van der Waals surface area contributed by atoms with Gasteiger partial charge in [-0.2, -0.15) is 5.10 Å². The highest BCUT2D eigenvalue weighted by Crippen LogP contribution is 2.22. The van der Waals surface area contributed by atoms with E-state index in [-0.39, 0.29) is 11.4 Å². The van der Waals surface area contributed by atoms with Gasteiger partial charge in [-0.25, -0.2) is 13.1 Å². The lowest BCUT2D eigenvalue weighted by molar-refractivity contribution is 0.0627. The van der Waals surface area contributed by atoms with Crippen molar-refractivity contribution in [3.05, 3.63) is 46.7 Å². The van der Waals surface area contributed by atoms with Crippen molar-refractivity contribution in [2.24, 2.45) is 7.05 Å². The molecular weight excluding hydrogens is 326 g/mol. The van der Waals surface area contributed by atoms with Gasteiger partial charge in [-0.15, -0.1) is 0 Å². The zero-order valence-corrected chi connectivity index (χ0v) is 14.1. The van der Waals surface area contributed by atoms with Gasteiger partial charge in [0.2, 0.25) is 10.0 Å². The second kappa shape index (κ2) is 6.00. The largest absolute Gasteiger partial charge is 0.384 e. The molecule has 0 amide bonds. The van der Waals surface area contributed by atoms with E-state index in [0.29, 0.717) is 16.1 Å². The van der Waals surface area contributed by atoms with Gasteiger partial charge in [0.25, 0.3) is 0 Å². The van der Waals surface area contributed by atoms with E-state index in [1.54, 1.807) is 37.0 Å². The second-order valence-corrected chi connectivity index (χ2v) is 7.58. The summed E-state index contributed by atoms with van der Waals surface area (Å²) >= 11 is 5.86. The first kappa shape index (κ1) is 17.0. The Morgan fingerprint density at radius 2 is 2.14 bits per heavy atom. The highest BCUT2D eigenvalue weighted by Gasteiger charge is 2.28. The number of hydrogen-bond donors (Lipinski definition) is 2. The predicted molar refractivity (Wildman–Crippen MR) is 84.2 cm³/mol. The van der Waals surface area contributed by atoms with E-state index >= 15 is 0 Å². The molecule has 0 aliphatic carbocycles. The summed E-state index contributed by atoms with van der Waals surface area (Å²) < 4.78 is 28.7. The average molecular weight is 344 g/mol. The minimum atomic E-state index is -3.77. The Balaban J connectivity index is 2.21. The molecule has 0 saturated carbocycles. The van der Waals surface area contributed by atoms with Crippen molar-refractivity contribution in [2.45, 2.75) is 24.3 Å². The molecule has 2 rings (SSSR count). The molecule has 2 aromatic rings. The van der Waals surface area contributed by atoms with Crippen LogP contribution in [0, 0.1) is 6.92 Å². The molecule has 2 N–H and O–H groups in total. The predicted octanol–water partition coefficient (Wildman–Crippen LogP) is 1.57. The van der Waals surface area contributed by atoms with Crippen molar-refractivity contribution in [3.8, 4) is 0 Å². The molecule has 6 nitrogen and oxygen atoms in total. The molecule has 0 spiro atoms. The fourth-order valence-electron chi connectivity index (χ4n) is 1.98. The van der Waals surface area contributed by atoms with E-state index in [9.17, 15) is 13.5 Å². The van der Waals surface area contributed by atoms with E-state index in [4.69, 9.17) is 11.6 Å². The summed E-state index contributed by atoms with van der Waals surface area (Å²) in [5, 5.41) is 14.7. The first-order valence-corrected chi connectivity index (χ1v) is 8.45. The molecule has 1 aromatic carbocycles. The van der Waals surface area contributed by atoms with Crippen molar-refractivity contribution < 1.29 is 13.5 Å². The number of nitrogens with one attached hydrogen (secondary N) is 1. The standard InChI is InChI=1S/C14H18ClN3O3S/c1-10-4-5-12(15)6-13(10)22(20,21)17-9-14(2,19)11-7-16-18(3)8-11/h4-8,17,19H,9H2,1-3H3/t14-/m0/s1. The monoisotopic (exact) mass is 343 g/mol. The SMILES string of the molecule is Cc1ccc(Cl)cc1S(=O)(=O)NC[C@](C)(O)c1cnn(C)c1. The lowest BCUT2D eigenvalue weighted by Crippen LogP contribution is -2.38. The number of aryl methyl sites for hydroxylation is 2. The molecular formula is C14H18ClN3O3S. The molecule has 8 heteroatoms. The fourth-order valence-corrected chi connectivity index (χ4v) is 3.62. The Bertz CT molecular complexity index is 784. The zero-order valence-electron chi connectivity index (χ0n) is 12.5. The zero-order chi connectivity index (χ0) is 16.5. The summed E-state index contributed by atoms with van der Waals surface area (Å²) in [5.41, 5.74) is -0.258. The van der Waals surface area contributed by atoms with Gasteiger partial charge in [0.1, 0.15) is 5.60 Å². The van der Waals surface area contributed by atoms with Crippen LogP contribution in [0.1, 0.15) is 18.1 Å². The summed E-state index contributed by atoms with van der Waals surface area (Å²) in [6.45, 7) is 3.04. The normalized spacial score (nSPS) is 14.8. The van der Waals surface area contributed by atoms with E-state index in [1.165, 1.54) is 19.2 Å². The third-order valence-electron chi connectivity index (χ3n) is 3.37. The van der Waals surface area contributed by atoms with Crippen LogP contribution in [0.4, 0.5) is 0 Å². The van der Waals surface area contributed by atoms with Crippen LogP contribution < -0.4 is 4.72 Å². The maximum absolute atomic E-state index is 12.4. The van der Waals surface area contributed by atoms with Crippen LogP contribution >= 0.6 is 11.6 Å². The number of aliphatic hydroxyl groups is 1. The summed E-state index contributed by atoms with van der Waals surface area (Å²) in [5.74, 6) is 0. The van der Waals surface area contributed by atoms with Gasteiger partial charge in [0.15, 0.2) is 0 Å². The Labute approximate surface area is 134 Å². The summed E-state index contributed by atoms with van der Waals surface area (Å²) in [7, 11) is -2.05. The quantitative estimate of drug-likeness (QED) is 0.863. The summed E-state index contributed by atoms with van der Waals surface area (Å²) in [6.07, 6.45) is 3.14. The third kappa shape index (κ3) is 3.67. The average Bonchev–Trinajstić information content (AvgIpc) is 2.87. The number of aromatic nitrogens is 2. The van der Waals surface area contributed by atoms with Gasteiger partial charge >= 0.3 is 0 Å². The maximum Gasteiger partial charge on any atom is 0.240 e. The second-order valence-electron chi connectivity index (χ2n) is 5.41. The van der Waals surface area contributed by atoms with Crippen LogP contribution in [0.2, 0.25) is 5.02 Å². The smallest absolute Gasteiger partial charge is 0.240 e. The fraction of sp³-hybridized carbons (Fsp3) is 0.357. The molecule has 0 saturated heterocycles. The molecule has 0 bridgehead atoms. The molecule has 0 aliphatic rings. The molecule has 1 aromatic heterocycles. The lowest BCUT2D eigenvalue weighted by Gasteiger charge is -2.22. The number of halogens is 1. The molecule has 1 heterocycles. The molecule has 0 aliphatic heterocycles. The van der Waals surface area contributed by atoms with Crippen LogP contribution in [0.15, 0.2) is 35.5 Å². The Hall–Kier alpha value is -1.41. The van der Waals surface area contributed by atoms with Crippen molar-refractivity contribution in [1.82, 2.24) is 14.5 Å². The first-order valence-electron chi connectivity index (χ1n) is 6.59. The molecule has 1 atom stereocenters. The lowest BCUT2D eigenvalue weighted by atomic mass is 10.0. The third-order valence-corrected chi connectivity index (χ3v) is 5.15. The Morgan fingerprint density at radius 1 is 1.45 bits per heavy atom. The van der Waals surface area contributed by atoms with Crippen LogP contribution in [0.25, 0.3) is 0 Å². The van der Waals surface area contributed by atoms with Crippen molar-refractivity contribution >= 4 is 21.6 Å². The van der Waals surface area contributed by atoms with Crippen LogP contribution in [-0.2, 0) is 22.7 Å². The minimum absolute atomic E-state index is 0.0991. The number of nitrogens with zero attached hydrogens (tertiary/aromatic N) is 2. The van der Waals surface area contributed by atoms with E-state index in [1.807, 2.05) is 0 Å². The van der Waals surface area contributed by atoms with Crippen LogP contribution in [0.3, 0.4) is 0 Å². The number of benzene rings is 1. The van der Waals surface area contributed by atoms with Crippen LogP contribution in [-0.4, -0.2) is 29.8 Å². The molecule has 22 heavy (non-hydrogen) atoms. The molecule has 120 valence electrons. The number of sulfonamides is 1. The van der Waals surface area contributed by atoms with Crippen molar-refractivity contribution in [3.63, 3.8) is 0 Å². The van der Waals surface area contributed by atoms with Gasteiger partial charge in [0.05, 0.1) is 11.1 Å². The Morgan fingerprint density at radius 3 is 2.73 bits per heavy atom. The first-order chi connectivity index (χ1) is 10.1. The topological polar surface area (TPSA) is 84.2 Å². The molecule has 0 fully saturated rings. The Kier molecular flexibility index (Phi) is 4.62. The summed E-state index contributed by atoms with van der Waals surface area (Å²) in [4.78, 5) is 0.0991. The number of rotatable bonds is 5. The molecule has 0 unspecified atom stereocenters. The summed E-state index contributed by atoms with van der Waals surface area (Å²) in [6, 6.07) is 4.65. The van der Waals surface area contributed by atoms with Gasteiger partial charge in [-0.05, 0) is 31.5 Å². The van der Waals surface area contributed by atoms with Crippen LogP contribution in [0.5, 0.6) is 0 Å². The van der Waals surface area contributed by atoms with Gasteiger partial charge < -0.3 is 5.11 Å². The van der Waals surface area contributed by atoms with Crippen molar-refractivity contribution in [2.75, 3.05) is 6.54 Å². The van der Waals surface area contributed by atoms with E-state index in [2.05, 4.69) is 9.82 Å². The van der Waals surface area contributed by atoms with Gasteiger partial charge in [0, 0.05) is 30.4 Å². The van der Waals surface area contributed by atoms with Gasteiger partial charge in [-0.1, -0.05) is 17.7 Å². The highest BCUT2D eigenvalue weighted by atomic mass is 35.5. The van der Waals surface area contributed by atoms with E-state index in [0.717, 1.165) is 0 Å². The maximum atomic E-state index is 12.4. The number of hydrogen-bond acceptors (Lipinski definition) is 4. The molecule has 0 radical (unpaired) electrons. The minimum Gasteiger partial charge on any atom is -0.384 e. The van der Waals surface area contributed by atoms with Gasteiger partial charge in [-0.3, -0.25) is 4.68 Å². The highest BCUT2D eigenvalue weighted by molar-refractivity contribution is 7.89. The van der Waals surface area contributed by atoms with Crippen molar-refractivity contribution in [1.29, 1.82) is 0 Å². The van der Waals surface area contributed by atoms with E-state index < -0.39 is 15.6 Å².